The quantitative estimate of drug-likeness (QED) is 0.236. The first kappa shape index (κ1) is 33.6. The van der Waals surface area contributed by atoms with Crippen molar-refractivity contribution < 1.29 is 23.5 Å². The molecule has 3 aromatic carbocycles. The smallest absolute Gasteiger partial charge is 0.254 e. The molecule has 2 atom stereocenters. The van der Waals surface area contributed by atoms with Gasteiger partial charge in [0.1, 0.15) is 11.6 Å². The Bertz CT molecular complexity index is 1400. The van der Waals surface area contributed by atoms with Crippen molar-refractivity contribution in [2.75, 3.05) is 19.6 Å². The second-order valence-electron chi connectivity index (χ2n) is 11.0. The molecule has 0 fully saturated rings. The summed E-state index contributed by atoms with van der Waals surface area (Å²) in [6.45, 7) is 9.10. The maximum atomic E-state index is 14.0. The van der Waals surface area contributed by atoms with Gasteiger partial charge in [-0.25, -0.2) is 8.78 Å². The molecule has 0 bridgehead atoms. The van der Waals surface area contributed by atoms with E-state index in [1.54, 1.807) is 23.1 Å². The van der Waals surface area contributed by atoms with E-state index < -0.39 is 23.8 Å². The number of amides is 2. The van der Waals surface area contributed by atoms with Crippen molar-refractivity contribution in [2.45, 2.75) is 65.6 Å². The van der Waals surface area contributed by atoms with Crippen LogP contribution in [0.4, 0.5) is 8.78 Å². The van der Waals surface area contributed by atoms with Gasteiger partial charge in [-0.05, 0) is 91.8 Å². The number of carbonyl (C=O) groups is 2. The zero-order valence-electron chi connectivity index (χ0n) is 25.5. The molecule has 0 spiro atoms. The second-order valence-corrected chi connectivity index (χ2v) is 11.0. The van der Waals surface area contributed by atoms with Crippen LogP contribution in [0.5, 0.6) is 0 Å². The SMILES string of the molecule is C/C=C\c1cccc(CN(C[C@H](O)[C@H](N)Cc2cc(F)cc(F)c2)C(=O)c2cc(C)cc(C(=O)N(CCC)CCC)c2)c1. The summed E-state index contributed by atoms with van der Waals surface area (Å²) in [5.41, 5.74) is 9.93. The first-order valence-corrected chi connectivity index (χ1v) is 14.8. The monoisotopic (exact) mass is 591 g/mol. The van der Waals surface area contributed by atoms with Crippen molar-refractivity contribution in [3.05, 3.63) is 112 Å². The molecule has 0 aromatic heterocycles. The number of hydrogen-bond acceptors (Lipinski definition) is 4. The zero-order valence-corrected chi connectivity index (χ0v) is 25.5. The summed E-state index contributed by atoms with van der Waals surface area (Å²) >= 11 is 0. The molecular formula is C35H43F2N3O3. The standard InChI is InChI=1S/C35H43F2N3O3/c1-5-9-25-10-8-11-26(16-25)22-40(23-33(41)32(38)19-27-17-30(36)21-31(37)18-27)35(43)29-15-24(4)14-28(20-29)34(42)39(12-6-2)13-7-3/h5,8-11,14-18,20-21,32-33,41H,6-7,12-13,19,22-23,38H2,1-4H3/b9-5-/t32-,33+/m1/s1. The zero-order chi connectivity index (χ0) is 31.5. The Labute approximate surface area is 253 Å². The summed E-state index contributed by atoms with van der Waals surface area (Å²) in [4.78, 5) is 30.7. The highest BCUT2D eigenvalue weighted by atomic mass is 19.1. The van der Waals surface area contributed by atoms with E-state index in [2.05, 4.69) is 0 Å². The predicted molar refractivity (Wildman–Crippen MR) is 168 cm³/mol. The van der Waals surface area contributed by atoms with E-state index in [1.807, 2.05) is 64.1 Å². The Morgan fingerprint density at radius 1 is 0.884 bits per heavy atom. The molecule has 2 amide bonds. The Morgan fingerprint density at radius 2 is 1.49 bits per heavy atom. The lowest BCUT2D eigenvalue weighted by atomic mass is 10.00. The average molecular weight is 592 g/mol. The summed E-state index contributed by atoms with van der Waals surface area (Å²) < 4.78 is 27.5. The van der Waals surface area contributed by atoms with Gasteiger partial charge in [0.2, 0.25) is 0 Å². The van der Waals surface area contributed by atoms with Crippen molar-refractivity contribution in [3.8, 4) is 0 Å². The van der Waals surface area contributed by atoms with E-state index >= 15 is 0 Å². The average Bonchev–Trinajstić information content (AvgIpc) is 2.95. The number of nitrogens with two attached hydrogens (primary N) is 1. The van der Waals surface area contributed by atoms with Crippen LogP contribution in [0.25, 0.3) is 6.08 Å². The number of carbonyl (C=O) groups excluding carboxylic acids is 2. The largest absolute Gasteiger partial charge is 0.390 e. The number of rotatable bonds is 14. The third-order valence-corrected chi connectivity index (χ3v) is 7.11. The van der Waals surface area contributed by atoms with Crippen LogP contribution in [0.3, 0.4) is 0 Å². The normalized spacial score (nSPS) is 12.7. The number of benzene rings is 3. The molecule has 0 heterocycles. The molecule has 0 radical (unpaired) electrons. The van der Waals surface area contributed by atoms with Gasteiger partial charge in [0.15, 0.2) is 0 Å². The van der Waals surface area contributed by atoms with Gasteiger partial charge in [0.05, 0.1) is 6.10 Å². The van der Waals surface area contributed by atoms with Gasteiger partial charge in [-0.2, -0.15) is 0 Å². The first-order valence-electron chi connectivity index (χ1n) is 14.8. The molecular weight excluding hydrogens is 548 g/mol. The van der Waals surface area contributed by atoms with Gasteiger partial charge in [0.25, 0.3) is 11.8 Å². The van der Waals surface area contributed by atoms with E-state index in [0.717, 1.165) is 35.6 Å². The van der Waals surface area contributed by atoms with Gasteiger partial charge in [-0.1, -0.05) is 44.2 Å². The van der Waals surface area contributed by atoms with Crippen LogP contribution in [0.1, 0.15) is 76.6 Å². The highest BCUT2D eigenvalue weighted by molar-refractivity contribution is 6.00. The van der Waals surface area contributed by atoms with E-state index in [1.165, 1.54) is 17.0 Å². The second kappa shape index (κ2) is 16.1. The van der Waals surface area contributed by atoms with E-state index in [9.17, 15) is 23.5 Å². The fraction of sp³-hybridized carbons (Fsp3) is 0.371. The van der Waals surface area contributed by atoms with Gasteiger partial charge in [-0.3, -0.25) is 9.59 Å². The van der Waals surface area contributed by atoms with Crippen LogP contribution in [0.2, 0.25) is 0 Å². The Hall–Kier alpha value is -3.88. The Balaban J connectivity index is 1.93. The summed E-state index contributed by atoms with van der Waals surface area (Å²) in [6.07, 6.45) is 4.35. The molecule has 0 unspecified atom stereocenters. The van der Waals surface area contributed by atoms with Gasteiger partial charge in [-0.15, -0.1) is 0 Å². The molecule has 3 aromatic rings. The lowest BCUT2D eigenvalue weighted by Gasteiger charge is -2.29. The van der Waals surface area contributed by atoms with E-state index in [4.69, 9.17) is 5.73 Å². The Morgan fingerprint density at radius 3 is 2.07 bits per heavy atom. The number of halogens is 2. The summed E-state index contributed by atoms with van der Waals surface area (Å²) in [5, 5.41) is 11.1. The topological polar surface area (TPSA) is 86.9 Å². The molecule has 0 saturated heterocycles. The summed E-state index contributed by atoms with van der Waals surface area (Å²) in [5.74, 6) is -1.95. The van der Waals surface area contributed by atoms with Crippen LogP contribution >= 0.6 is 0 Å². The third-order valence-electron chi connectivity index (χ3n) is 7.11. The van der Waals surface area contributed by atoms with Crippen LogP contribution in [-0.2, 0) is 13.0 Å². The van der Waals surface area contributed by atoms with Crippen molar-refractivity contribution >= 4 is 17.9 Å². The van der Waals surface area contributed by atoms with Crippen molar-refractivity contribution in [3.63, 3.8) is 0 Å². The molecule has 3 N–H and O–H groups in total. The molecule has 8 heteroatoms. The minimum atomic E-state index is -1.19. The third kappa shape index (κ3) is 9.83. The number of aliphatic hydroxyl groups excluding tert-OH is 1. The lowest BCUT2D eigenvalue weighted by Crippen LogP contribution is -2.46. The molecule has 0 aliphatic rings. The van der Waals surface area contributed by atoms with Crippen molar-refractivity contribution in [2.24, 2.45) is 5.73 Å². The summed E-state index contributed by atoms with van der Waals surface area (Å²) in [6, 6.07) is 15.1. The highest BCUT2D eigenvalue weighted by Crippen LogP contribution is 2.19. The number of hydrogen-bond donors (Lipinski definition) is 2. The first-order chi connectivity index (χ1) is 20.5. The highest BCUT2D eigenvalue weighted by Gasteiger charge is 2.25. The number of aliphatic hydroxyl groups is 1. The molecule has 6 nitrogen and oxygen atoms in total. The molecule has 0 aliphatic carbocycles. The Kier molecular flexibility index (Phi) is 12.6. The maximum absolute atomic E-state index is 14.0. The van der Waals surface area contributed by atoms with E-state index in [0.29, 0.717) is 29.8 Å². The number of aryl methyl sites for hydroxylation is 1. The van der Waals surface area contributed by atoms with Gasteiger partial charge < -0.3 is 20.6 Å². The van der Waals surface area contributed by atoms with Crippen molar-refractivity contribution in [1.82, 2.24) is 9.80 Å². The lowest BCUT2D eigenvalue weighted by molar-refractivity contribution is 0.0554. The fourth-order valence-corrected chi connectivity index (χ4v) is 5.18. The number of nitrogens with zero attached hydrogens (tertiary/aromatic N) is 2. The number of allylic oxidation sites excluding steroid dienone is 1. The van der Waals surface area contributed by atoms with Crippen LogP contribution in [0.15, 0.2) is 66.7 Å². The van der Waals surface area contributed by atoms with Crippen LogP contribution in [0, 0.1) is 18.6 Å². The maximum Gasteiger partial charge on any atom is 0.254 e. The van der Waals surface area contributed by atoms with Crippen LogP contribution < -0.4 is 5.73 Å². The predicted octanol–water partition coefficient (Wildman–Crippen LogP) is 6.14. The summed E-state index contributed by atoms with van der Waals surface area (Å²) in [7, 11) is 0. The minimum absolute atomic E-state index is 0.0163. The van der Waals surface area contributed by atoms with E-state index in [-0.39, 0.29) is 31.3 Å². The molecule has 3 rings (SSSR count). The molecule has 230 valence electrons. The molecule has 0 aliphatic heterocycles. The van der Waals surface area contributed by atoms with Gasteiger partial charge in [0, 0.05) is 49.4 Å². The molecule has 43 heavy (non-hydrogen) atoms. The van der Waals surface area contributed by atoms with Crippen LogP contribution in [-0.4, -0.2) is 58.5 Å². The molecule has 0 saturated carbocycles. The minimum Gasteiger partial charge on any atom is -0.390 e. The fourth-order valence-electron chi connectivity index (χ4n) is 5.18. The van der Waals surface area contributed by atoms with Crippen molar-refractivity contribution in [1.29, 1.82) is 0 Å². The van der Waals surface area contributed by atoms with Gasteiger partial charge >= 0.3 is 0 Å².